The van der Waals surface area contributed by atoms with Crippen molar-refractivity contribution in [2.75, 3.05) is 82.6 Å². The van der Waals surface area contributed by atoms with E-state index < -0.39 is 63.7 Å². The molecular formula is C77H70F4LiN5O18S4. The number of carbonyl (C=O) groups excluding carboxylic acids is 2. The molecule has 8 aromatic carbocycles. The maximum atomic E-state index is 13.3. The molecule has 11 aromatic rings. The van der Waals surface area contributed by atoms with E-state index in [4.69, 9.17) is 18.0 Å². The van der Waals surface area contributed by atoms with Gasteiger partial charge in [0.15, 0.2) is 0 Å². The molecule has 15 rings (SSSR count). The van der Waals surface area contributed by atoms with E-state index in [1.165, 1.54) is 116 Å². The van der Waals surface area contributed by atoms with Gasteiger partial charge in [-0.2, -0.15) is 0 Å². The number of nitrogens with one attached hydrogen (secondary N) is 1. The smallest absolute Gasteiger partial charge is 0.870 e. The van der Waals surface area contributed by atoms with E-state index in [1.54, 1.807) is 60.7 Å². The van der Waals surface area contributed by atoms with Crippen molar-refractivity contribution in [3.63, 3.8) is 0 Å². The van der Waals surface area contributed by atoms with Crippen LogP contribution in [0.1, 0.15) is 90.1 Å². The predicted octanol–water partition coefficient (Wildman–Crippen LogP) is 10.2. The number of hydrogen-bond acceptors (Lipinski definition) is 17. The van der Waals surface area contributed by atoms with Crippen LogP contribution in [-0.2, 0) is 70.5 Å². The molecule has 1 amide bonds. The molecule has 0 spiro atoms. The standard InChI is InChI=1S/C20H19FN2O4S.C20H18FNO5S.C19H16FNO5S.C18H16FNO3S.Li.H2O/c1-22-20(24)18-15-10-13-4-3-9-23(28(2,25)26)16(13)11-17(15)27-19(18)12-5-7-14(21)8-6-12;1-26-20(23)18-15-10-13-4-3-9-22(28(2,24)25)16(13)11-17(15)27-19(18)12-5-7-14(21)8-6-12;1-27(24,25)21-8-2-3-12-9-14-16(10-15(12)21)26-18(17(14)19(22)23)11-4-6-13(20)7-5-11;1-24(22,23)20-10-2-3-14-11-15(18(21)12-17(14)20)7-4-13-5-8-16(19)9-6-13;;/h5-8,10-11H,3-4,9H2,1-2H3,(H,22,24);5-8,10-11H,3-4,9H2,1-2H3;4-7,9-10H,2-3,8H2,1H3,(H,22,23);5-6,8-9,11-12,21H,2-3,10H2,1H3;;1H2/q;;;;+1;/p-1. The summed E-state index contributed by atoms with van der Waals surface area (Å²) in [7, 11) is -10.9. The Balaban J connectivity index is 0.000000154. The van der Waals surface area contributed by atoms with Crippen molar-refractivity contribution < 1.29 is 118 Å². The Kier molecular flexibility index (Phi) is 24.0. The number of phenols is 1. The molecule has 4 aliphatic heterocycles. The van der Waals surface area contributed by atoms with Crippen LogP contribution in [0.3, 0.4) is 0 Å². The number of phenolic OH excluding ortho intramolecular Hbond substituents is 1. The third-order valence-electron chi connectivity index (χ3n) is 18.3. The minimum atomic E-state index is -3.45. The number of carbonyl (C=O) groups is 3. The van der Waals surface area contributed by atoms with Gasteiger partial charge in [-0.05, 0) is 195 Å². The van der Waals surface area contributed by atoms with E-state index in [0.29, 0.717) is 154 Å². The third-order valence-corrected chi connectivity index (χ3v) is 23.1. The number of sulfonamides is 4. The molecule has 109 heavy (non-hydrogen) atoms. The van der Waals surface area contributed by atoms with Crippen molar-refractivity contribution in [1.29, 1.82) is 0 Å². The summed E-state index contributed by atoms with van der Waals surface area (Å²) in [5.74, 6) is 2.73. The quantitative estimate of drug-likeness (QED) is 0.0496. The topological polar surface area (TPSA) is 332 Å². The maximum absolute atomic E-state index is 13.3. The average Bonchev–Trinajstić information content (AvgIpc) is 1.64. The first-order valence-electron chi connectivity index (χ1n) is 33.3. The summed E-state index contributed by atoms with van der Waals surface area (Å²) < 4.78 is 177. The molecule has 0 bridgehead atoms. The first-order chi connectivity index (χ1) is 50.7. The molecule has 0 unspecified atom stereocenters. The summed E-state index contributed by atoms with van der Waals surface area (Å²) in [5.41, 5.74) is 9.61. The van der Waals surface area contributed by atoms with Crippen LogP contribution in [0.5, 0.6) is 5.75 Å². The summed E-state index contributed by atoms with van der Waals surface area (Å²) in [5, 5.41) is 24.1. The number of nitrogens with zero attached hydrogens (tertiary/aromatic N) is 4. The minimum Gasteiger partial charge on any atom is -0.870 e. The number of ether oxygens (including phenoxy) is 1. The van der Waals surface area contributed by atoms with Crippen molar-refractivity contribution in [2.24, 2.45) is 0 Å². The zero-order valence-electron chi connectivity index (χ0n) is 59.7. The average molecular weight is 1560 g/mol. The van der Waals surface area contributed by atoms with Crippen molar-refractivity contribution in [1.82, 2.24) is 5.32 Å². The minimum absolute atomic E-state index is 0. The van der Waals surface area contributed by atoms with E-state index in [2.05, 4.69) is 17.2 Å². The van der Waals surface area contributed by atoms with Gasteiger partial charge >= 0.3 is 30.8 Å². The van der Waals surface area contributed by atoms with Gasteiger partial charge in [0.2, 0.25) is 40.1 Å². The predicted molar refractivity (Wildman–Crippen MR) is 401 cm³/mol. The number of fused-ring (bicyclic) bond motifs is 7. The number of anilines is 4. The van der Waals surface area contributed by atoms with Crippen LogP contribution in [0.15, 0.2) is 159 Å². The number of carboxylic acids is 1. The van der Waals surface area contributed by atoms with Gasteiger partial charge < -0.3 is 39.0 Å². The molecule has 0 radical (unpaired) electrons. The Morgan fingerprint density at radius 1 is 0.450 bits per heavy atom. The van der Waals surface area contributed by atoms with Crippen LogP contribution in [0.25, 0.3) is 66.9 Å². The fraction of sp³-hybridized carbons (Fsp3) is 0.234. The molecule has 0 aliphatic carbocycles. The number of aryl methyl sites for hydroxylation is 4. The number of aromatic carboxylic acids is 1. The number of rotatable bonds is 10. The van der Waals surface area contributed by atoms with Gasteiger partial charge in [-0.15, -0.1) is 0 Å². The molecule has 564 valence electrons. The van der Waals surface area contributed by atoms with Gasteiger partial charge in [-0.3, -0.25) is 22.0 Å². The zero-order valence-corrected chi connectivity index (χ0v) is 63.0. The Bertz CT molecular complexity index is 5740. The molecule has 32 heteroatoms. The second kappa shape index (κ2) is 32.3. The first-order valence-corrected chi connectivity index (χ1v) is 40.7. The molecule has 4 N–H and O–H groups in total. The Morgan fingerprint density at radius 3 is 1.08 bits per heavy atom. The first kappa shape index (κ1) is 81.0. The number of methoxy groups -OCH3 is 1. The van der Waals surface area contributed by atoms with E-state index >= 15 is 0 Å². The largest absolute Gasteiger partial charge is 1.00 e. The number of carboxylic acid groups (broad SMARTS) is 1. The number of hydrogen-bond donors (Lipinski definition) is 3. The maximum Gasteiger partial charge on any atom is 1.00 e. The van der Waals surface area contributed by atoms with E-state index in [1.807, 2.05) is 6.07 Å². The SMILES string of the molecule is CNC(=O)c1c(-c2ccc(F)cc2)oc2cc3c(cc12)CCCN3S(C)(=O)=O.COC(=O)c1c(-c2ccc(F)cc2)oc2cc3c(cc12)CCCN3S(C)(=O)=O.CS(=O)(=O)N1CCCc2cc(C#Cc3ccc(F)cc3)c(O)cc21.CS(=O)(=O)N1CCCc2cc3c(C(=O)O)c(-c4ccc(F)cc4)oc3cc21.[Li+].[OH-]. The Morgan fingerprint density at radius 2 is 0.752 bits per heavy atom. The van der Waals surface area contributed by atoms with Crippen LogP contribution in [-0.4, -0.2) is 133 Å². The number of halogens is 4. The van der Waals surface area contributed by atoms with Gasteiger partial charge in [0.1, 0.15) is 74.2 Å². The fourth-order valence-corrected chi connectivity index (χ4v) is 17.4. The molecule has 0 saturated heterocycles. The second-order valence-electron chi connectivity index (χ2n) is 25.8. The van der Waals surface area contributed by atoms with Crippen molar-refractivity contribution in [2.45, 2.75) is 51.4 Å². The van der Waals surface area contributed by atoms with Gasteiger partial charge in [-0.1, -0.05) is 11.8 Å². The Labute approximate surface area is 637 Å². The molecule has 7 heterocycles. The van der Waals surface area contributed by atoms with Crippen molar-refractivity contribution in [3.05, 3.63) is 219 Å². The Hall–Kier alpha value is -10.6. The summed E-state index contributed by atoms with van der Waals surface area (Å²) in [6, 6.07) is 35.7. The van der Waals surface area contributed by atoms with Crippen LogP contribution < -0.4 is 41.4 Å². The van der Waals surface area contributed by atoms with Crippen LogP contribution in [0, 0.1) is 35.1 Å². The van der Waals surface area contributed by atoms with Gasteiger partial charge in [0.05, 0.1) is 66.0 Å². The molecule has 3 aromatic heterocycles. The van der Waals surface area contributed by atoms with E-state index in [9.17, 15) is 75.8 Å². The number of esters is 1. The van der Waals surface area contributed by atoms with Gasteiger partial charge in [-0.25, -0.2) is 60.8 Å². The zero-order chi connectivity index (χ0) is 76.8. The number of furan rings is 3. The summed E-state index contributed by atoms with van der Waals surface area (Å²) in [6.45, 7) is 1.58. The van der Waals surface area contributed by atoms with Crippen LogP contribution in [0.2, 0.25) is 0 Å². The molecule has 0 saturated carbocycles. The molecule has 23 nitrogen and oxygen atoms in total. The summed E-state index contributed by atoms with van der Waals surface area (Å²) in [6.07, 6.45) is 10.2. The number of amides is 1. The molecule has 0 fully saturated rings. The van der Waals surface area contributed by atoms with Crippen molar-refractivity contribution in [3.8, 4) is 51.6 Å². The van der Waals surface area contributed by atoms with Crippen LogP contribution >= 0.6 is 0 Å². The summed E-state index contributed by atoms with van der Waals surface area (Å²) in [4.78, 5) is 37.0. The van der Waals surface area contributed by atoms with E-state index in [0.717, 1.165) is 53.9 Å². The molecule has 4 aliphatic rings. The van der Waals surface area contributed by atoms with Crippen molar-refractivity contribution >= 4 is 114 Å². The number of benzene rings is 8. The van der Waals surface area contributed by atoms with Gasteiger partial charge in [0, 0.05) is 95.9 Å². The van der Waals surface area contributed by atoms with Gasteiger partial charge in [0.25, 0.3) is 5.91 Å². The fourth-order valence-electron chi connectivity index (χ4n) is 13.4. The molecular weight excluding hydrogens is 1490 g/mol. The monoisotopic (exact) mass is 1560 g/mol. The molecule has 0 atom stereocenters. The third kappa shape index (κ3) is 17.3. The van der Waals surface area contributed by atoms with Crippen LogP contribution in [0.4, 0.5) is 40.3 Å². The van der Waals surface area contributed by atoms with E-state index in [-0.39, 0.29) is 75.9 Å². The second-order valence-corrected chi connectivity index (χ2v) is 33.4. The summed E-state index contributed by atoms with van der Waals surface area (Å²) >= 11 is 0. The number of aromatic hydroxyl groups is 1. The normalized spacial score (nSPS) is 13.9.